The number of aryl methyl sites for hydroxylation is 1. The Bertz CT molecular complexity index is 1320. The van der Waals surface area contributed by atoms with E-state index in [0.717, 1.165) is 32.4 Å². The van der Waals surface area contributed by atoms with Crippen LogP contribution in [0.4, 0.5) is 24.8 Å². The first kappa shape index (κ1) is 25.0. The maximum atomic E-state index is 15.8. The van der Waals surface area contributed by atoms with Crippen molar-refractivity contribution in [2.75, 3.05) is 43.4 Å². The predicted molar refractivity (Wildman–Crippen MR) is 133 cm³/mol. The summed E-state index contributed by atoms with van der Waals surface area (Å²) < 4.78 is 47.2. The van der Waals surface area contributed by atoms with Crippen LogP contribution in [0.1, 0.15) is 40.5 Å². The fourth-order valence-electron chi connectivity index (χ4n) is 4.99. The summed E-state index contributed by atoms with van der Waals surface area (Å²) in [6.07, 6.45) is 4.10. The van der Waals surface area contributed by atoms with Crippen LogP contribution in [0.2, 0.25) is 0 Å². The number of carbonyl (C=O) groups is 1. The second-order valence-corrected chi connectivity index (χ2v) is 9.68. The first-order valence-electron chi connectivity index (χ1n) is 12.2. The number of piperidine rings is 1. The van der Waals surface area contributed by atoms with Crippen LogP contribution in [0.25, 0.3) is 11.3 Å². The van der Waals surface area contributed by atoms with Crippen molar-refractivity contribution in [1.29, 1.82) is 0 Å². The molecular formula is C25H29F3N8O. The number of halogens is 3. The number of alkyl halides is 2. The van der Waals surface area contributed by atoms with E-state index in [9.17, 15) is 9.18 Å². The molecule has 0 radical (unpaired) electrons. The quantitative estimate of drug-likeness (QED) is 0.498. The number of imidazole rings is 1. The van der Waals surface area contributed by atoms with Crippen molar-refractivity contribution in [3.8, 4) is 11.3 Å². The van der Waals surface area contributed by atoms with Crippen LogP contribution in [-0.4, -0.2) is 69.0 Å². The molecule has 0 spiro atoms. The zero-order valence-electron chi connectivity index (χ0n) is 20.5. The lowest BCUT2D eigenvalue weighted by Crippen LogP contribution is -2.49. The van der Waals surface area contributed by atoms with Crippen LogP contribution in [0.3, 0.4) is 0 Å². The first-order chi connectivity index (χ1) is 17.6. The number of anilines is 2. The van der Waals surface area contributed by atoms with Crippen molar-refractivity contribution in [3.05, 3.63) is 53.5 Å². The largest absolute Gasteiger partial charge is 0.383 e. The predicted octanol–water partition coefficient (Wildman–Crippen LogP) is 2.80. The van der Waals surface area contributed by atoms with Gasteiger partial charge in [-0.1, -0.05) is 0 Å². The SMILES string of the molecule is Cc1cc(-c2cn(CCN3CCC3)c(C3CCN(c4ncnc(N)c4C(N)=O)CC3(F)F)n2)ccc1F. The second-order valence-electron chi connectivity index (χ2n) is 9.68. The minimum Gasteiger partial charge on any atom is -0.383 e. The number of nitrogens with zero attached hydrogens (tertiary/aromatic N) is 6. The normalized spacial score (nSPS) is 19.6. The molecule has 1 atom stereocenters. The zero-order chi connectivity index (χ0) is 26.3. The van der Waals surface area contributed by atoms with Gasteiger partial charge in [0.2, 0.25) is 0 Å². The molecule has 2 aliphatic heterocycles. The summed E-state index contributed by atoms with van der Waals surface area (Å²) in [5.41, 5.74) is 12.7. The summed E-state index contributed by atoms with van der Waals surface area (Å²) in [5.74, 6) is -5.42. The van der Waals surface area contributed by atoms with E-state index in [1.54, 1.807) is 29.8 Å². The summed E-state index contributed by atoms with van der Waals surface area (Å²) in [7, 11) is 0. The Morgan fingerprint density at radius 1 is 1.19 bits per heavy atom. The van der Waals surface area contributed by atoms with E-state index >= 15 is 8.78 Å². The molecule has 2 fully saturated rings. The number of aromatic nitrogens is 4. The Hall–Kier alpha value is -3.67. The van der Waals surface area contributed by atoms with Crippen LogP contribution < -0.4 is 16.4 Å². The second kappa shape index (κ2) is 9.66. The Labute approximate surface area is 212 Å². The molecule has 4 N–H and O–H groups in total. The molecule has 3 aromatic rings. The van der Waals surface area contributed by atoms with Gasteiger partial charge in [0.15, 0.2) is 0 Å². The van der Waals surface area contributed by atoms with Crippen molar-refractivity contribution in [2.24, 2.45) is 5.73 Å². The monoisotopic (exact) mass is 514 g/mol. The van der Waals surface area contributed by atoms with Crippen LogP contribution in [0.15, 0.2) is 30.7 Å². The molecule has 0 saturated carbocycles. The van der Waals surface area contributed by atoms with Crippen molar-refractivity contribution in [2.45, 2.75) is 38.2 Å². The van der Waals surface area contributed by atoms with Gasteiger partial charge >= 0.3 is 0 Å². The third-order valence-electron chi connectivity index (χ3n) is 7.18. The van der Waals surface area contributed by atoms with Gasteiger partial charge in [-0.25, -0.2) is 28.1 Å². The fraction of sp³-hybridized carbons (Fsp3) is 0.440. The van der Waals surface area contributed by atoms with Crippen LogP contribution >= 0.6 is 0 Å². The summed E-state index contributed by atoms with van der Waals surface area (Å²) in [5, 5.41) is 0. The number of primary amides is 1. The van der Waals surface area contributed by atoms with Crippen molar-refractivity contribution in [1.82, 2.24) is 24.4 Å². The summed E-state index contributed by atoms with van der Waals surface area (Å²) in [4.78, 5) is 28.0. The number of amides is 1. The molecule has 12 heteroatoms. The lowest BCUT2D eigenvalue weighted by atomic mass is 9.91. The number of rotatable bonds is 7. The fourth-order valence-corrected chi connectivity index (χ4v) is 4.99. The number of benzene rings is 1. The van der Waals surface area contributed by atoms with Crippen LogP contribution in [-0.2, 0) is 6.54 Å². The number of hydrogen-bond acceptors (Lipinski definition) is 7. The van der Waals surface area contributed by atoms with E-state index in [1.807, 2.05) is 0 Å². The summed E-state index contributed by atoms with van der Waals surface area (Å²) in [6.45, 7) is 4.41. The van der Waals surface area contributed by atoms with E-state index in [0.29, 0.717) is 29.2 Å². The lowest BCUT2D eigenvalue weighted by molar-refractivity contribution is -0.0370. The standard InChI is InChI=1S/C25H29F3N8O/c1-15-11-16(3-4-18(15)26)19-12-35(10-9-34-6-2-7-34)23(33-19)17-5-8-36(13-25(17,27)28)24-20(22(30)37)21(29)31-14-32-24/h3-4,11-12,14,17H,2,5-10,13H2,1H3,(H2,30,37)(H2,29,31,32). The molecule has 2 saturated heterocycles. The third kappa shape index (κ3) is 4.85. The molecule has 37 heavy (non-hydrogen) atoms. The molecule has 2 aromatic heterocycles. The number of hydrogen-bond donors (Lipinski definition) is 2. The number of nitrogens with two attached hydrogens (primary N) is 2. The third-order valence-corrected chi connectivity index (χ3v) is 7.18. The molecule has 0 bridgehead atoms. The average molecular weight is 515 g/mol. The van der Waals surface area contributed by atoms with E-state index in [1.165, 1.54) is 11.0 Å². The van der Waals surface area contributed by atoms with Gasteiger partial charge in [-0.3, -0.25) is 4.79 Å². The lowest BCUT2D eigenvalue weighted by Gasteiger charge is -2.39. The maximum Gasteiger partial charge on any atom is 0.275 e. The van der Waals surface area contributed by atoms with Gasteiger partial charge < -0.3 is 25.8 Å². The number of carbonyl (C=O) groups excluding carboxylic acids is 1. The molecule has 1 unspecified atom stereocenters. The molecule has 196 valence electrons. The average Bonchev–Trinajstić information content (AvgIpc) is 3.22. The molecule has 0 aliphatic carbocycles. The highest BCUT2D eigenvalue weighted by Gasteiger charge is 2.48. The zero-order valence-corrected chi connectivity index (χ0v) is 20.5. The van der Waals surface area contributed by atoms with Gasteiger partial charge in [0.05, 0.1) is 18.2 Å². The Morgan fingerprint density at radius 2 is 1.97 bits per heavy atom. The van der Waals surface area contributed by atoms with Gasteiger partial charge in [0, 0.05) is 31.4 Å². The van der Waals surface area contributed by atoms with Crippen LogP contribution in [0.5, 0.6) is 0 Å². The smallest absolute Gasteiger partial charge is 0.275 e. The summed E-state index contributed by atoms with van der Waals surface area (Å²) in [6, 6.07) is 4.65. The van der Waals surface area contributed by atoms with E-state index < -0.39 is 24.3 Å². The molecule has 1 amide bonds. The van der Waals surface area contributed by atoms with E-state index in [2.05, 4.69) is 19.9 Å². The van der Waals surface area contributed by atoms with Gasteiger partial charge in [-0.05, 0) is 56.6 Å². The molecule has 2 aliphatic rings. The van der Waals surface area contributed by atoms with Crippen LogP contribution in [0, 0.1) is 12.7 Å². The highest BCUT2D eigenvalue weighted by Crippen LogP contribution is 2.42. The molecular weight excluding hydrogens is 485 g/mol. The molecule has 4 heterocycles. The Morgan fingerprint density at radius 3 is 2.62 bits per heavy atom. The van der Waals surface area contributed by atoms with Crippen molar-refractivity contribution >= 4 is 17.5 Å². The molecule has 9 nitrogen and oxygen atoms in total. The number of likely N-dealkylation sites (tertiary alicyclic amines) is 1. The van der Waals surface area contributed by atoms with Gasteiger partial charge in [-0.15, -0.1) is 0 Å². The minimum absolute atomic E-state index is 0.00160. The van der Waals surface area contributed by atoms with Gasteiger partial charge in [0.1, 0.15) is 35.2 Å². The maximum absolute atomic E-state index is 15.8. The van der Waals surface area contributed by atoms with Crippen molar-refractivity contribution in [3.63, 3.8) is 0 Å². The van der Waals surface area contributed by atoms with Gasteiger partial charge in [-0.2, -0.15) is 0 Å². The minimum atomic E-state index is -3.19. The summed E-state index contributed by atoms with van der Waals surface area (Å²) >= 11 is 0. The topological polar surface area (TPSA) is 119 Å². The number of nitrogen functional groups attached to an aromatic ring is 1. The highest BCUT2D eigenvalue weighted by molar-refractivity contribution is 6.01. The highest BCUT2D eigenvalue weighted by atomic mass is 19.3. The molecule has 1 aromatic carbocycles. The molecule has 5 rings (SSSR count). The first-order valence-corrected chi connectivity index (χ1v) is 12.2. The van der Waals surface area contributed by atoms with Gasteiger partial charge in [0.25, 0.3) is 11.8 Å². The van der Waals surface area contributed by atoms with Crippen molar-refractivity contribution < 1.29 is 18.0 Å². The Balaban J connectivity index is 1.46. The van der Waals surface area contributed by atoms with E-state index in [-0.39, 0.29) is 36.0 Å². The Kier molecular flexibility index (Phi) is 6.52. The van der Waals surface area contributed by atoms with E-state index in [4.69, 9.17) is 11.5 Å².